The van der Waals surface area contributed by atoms with E-state index in [9.17, 15) is 33.9 Å². The third-order valence-electron chi connectivity index (χ3n) is 10.1. The number of likely N-dealkylation sites (N-methyl/N-ethyl adjacent to an activating group) is 1. The highest BCUT2D eigenvalue weighted by Gasteiger charge is 2.46. The number of aliphatic hydroxyl groups is 1. The predicted molar refractivity (Wildman–Crippen MR) is 213 cm³/mol. The van der Waals surface area contributed by atoms with Gasteiger partial charge in [-0.05, 0) is 36.3 Å². The summed E-state index contributed by atoms with van der Waals surface area (Å²) in [5, 5.41) is 22.1. The molecule has 2 aliphatic heterocycles. The van der Waals surface area contributed by atoms with Crippen LogP contribution in [0.25, 0.3) is 0 Å². The normalized spacial score (nSPS) is 20.8. The van der Waals surface area contributed by atoms with Gasteiger partial charge in [-0.15, -0.1) is 0 Å². The summed E-state index contributed by atoms with van der Waals surface area (Å²) < 4.78 is 12.2. The molecule has 0 aliphatic carbocycles. The lowest BCUT2D eigenvalue weighted by molar-refractivity contribution is -0.144. The van der Waals surface area contributed by atoms with E-state index < -0.39 is 72.0 Å². The third kappa shape index (κ3) is 12.7. The summed E-state index contributed by atoms with van der Waals surface area (Å²) in [5.41, 5.74) is 0.514. The van der Waals surface area contributed by atoms with Gasteiger partial charge in [-0.3, -0.25) is 28.8 Å². The van der Waals surface area contributed by atoms with Crippen LogP contribution in [0.5, 0.6) is 5.75 Å². The van der Waals surface area contributed by atoms with Crippen molar-refractivity contribution in [3.63, 3.8) is 0 Å². The molecule has 0 saturated carbocycles. The maximum Gasteiger partial charge on any atom is 0.251 e. The molecule has 1 saturated heterocycles. The highest BCUT2D eigenvalue weighted by atomic mass is 16.5. The number of fused-ring (bicyclic) bond motifs is 3. The number of hydrogen-bond donors (Lipinski definition) is 5. The Balaban J connectivity index is 1.49. The molecule has 6 amide bonds. The molecular formula is C42H60N6O9. The van der Waals surface area contributed by atoms with Gasteiger partial charge in [-0.1, -0.05) is 89.1 Å². The van der Waals surface area contributed by atoms with Crippen LogP contribution in [0.15, 0.2) is 54.6 Å². The molecule has 0 radical (unpaired) electrons. The van der Waals surface area contributed by atoms with Crippen LogP contribution in [0.1, 0.15) is 83.4 Å². The van der Waals surface area contributed by atoms with Crippen molar-refractivity contribution in [2.24, 2.45) is 5.41 Å². The van der Waals surface area contributed by atoms with Crippen LogP contribution in [0.4, 0.5) is 0 Å². The highest BCUT2D eigenvalue weighted by molar-refractivity contribution is 5.94. The molecule has 1 fully saturated rings. The Morgan fingerprint density at radius 3 is 2.35 bits per heavy atom. The molecule has 0 aromatic heterocycles. The van der Waals surface area contributed by atoms with E-state index in [1.54, 1.807) is 44.4 Å². The Kier molecular flexibility index (Phi) is 16.4. The maximum absolute atomic E-state index is 14.4. The fraction of sp³-hybridized carbons (Fsp3) is 0.571. The van der Waals surface area contributed by atoms with Crippen LogP contribution in [0.3, 0.4) is 0 Å². The quantitative estimate of drug-likeness (QED) is 0.214. The number of nitrogens with zero attached hydrogens (tertiary/aromatic N) is 2. The molecule has 2 aliphatic rings. The molecule has 15 heteroatoms. The number of ether oxygens (including phenoxy) is 2. The van der Waals surface area contributed by atoms with Crippen LogP contribution in [-0.2, 0) is 39.9 Å². The largest absolute Gasteiger partial charge is 0.493 e. The van der Waals surface area contributed by atoms with Gasteiger partial charge in [0.15, 0.2) is 6.10 Å². The fourth-order valence-electron chi connectivity index (χ4n) is 6.91. The molecule has 5 N–H and O–H groups in total. The minimum absolute atomic E-state index is 0.00573. The second kappa shape index (κ2) is 20.9. The molecule has 15 nitrogen and oxygen atoms in total. The average molecular weight is 793 g/mol. The van der Waals surface area contributed by atoms with Crippen molar-refractivity contribution in [3.05, 3.63) is 65.7 Å². The monoisotopic (exact) mass is 792 g/mol. The molecule has 57 heavy (non-hydrogen) atoms. The first-order valence-electron chi connectivity index (χ1n) is 19.8. The standard InChI is InChI=1S/C42H60N6O9/c1-7-8-19-30(36(51)39(53)43-25-34(50)45-35(40(54)47(5)6)27-16-10-9-11-17-27)44-38(52)31-24-29-26-48(31)41(55)37(42(2,3)4)46-33(49)23-28-18-12-13-20-32(28)57-22-15-14-21-56-29/h9-13,16-18,20,29-31,35-37,51H,7-8,14-15,19,21-26H2,1-6H3,(H,43,53)(H,44,52)(H,45,50)(H,46,49)/t29-,30?,31+,35+,36?,37-/m1/s1. The first-order chi connectivity index (χ1) is 27.1. The molecule has 2 bridgehead atoms. The molecule has 2 unspecified atom stereocenters. The van der Waals surface area contributed by atoms with Gasteiger partial charge in [0.2, 0.25) is 29.5 Å². The van der Waals surface area contributed by atoms with E-state index in [1.807, 2.05) is 52.0 Å². The van der Waals surface area contributed by atoms with Crippen molar-refractivity contribution < 1.29 is 43.3 Å². The SMILES string of the molecule is CCCCC(NC(=O)[C@@H]1C[C@@H]2CN1C(=O)[C@H](C(C)(C)C)NC(=O)Cc1ccccc1OCCCCO2)C(O)C(=O)NCC(=O)N[C@H](C(=O)N(C)C)c1ccccc1. The van der Waals surface area contributed by atoms with Crippen molar-refractivity contribution in [1.29, 1.82) is 0 Å². The van der Waals surface area contributed by atoms with Gasteiger partial charge < -0.3 is 45.6 Å². The lowest BCUT2D eigenvalue weighted by Gasteiger charge is -2.36. The zero-order valence-electron chi connectivity index (χ0n) is 34.0. The molecule has 2 aromatic carbocycles. The van der Waals surface area contributed by atoms with E-state index in [0.29, 0.717) is 55.8 Å². The Morgan fingerprint density at radius 2 is 1.67 bits per heavy atom. The van der Waals surface area contributed by atoms with Gasteiger partial charge >= 0.3 is 0 Å². The van der Waals surface area contributed by atoms with Crippen molar-refractivity contribution in [2.75, 3.05) is 40.4 Å². The van der Waals surface area contributed by atoms with Crippen LogP contribution < -0.4 is 26.0 Å². The van der Waals surface area contributed by atoms with Gasteiger partial charge in [0, 0.05) is 39.2 Å². The molecule has 4 rings (SSSR count). The summed E-state index contributed by atoms with van der Waals surface area (Å²) in [4.78, 5) is 84.0. The van der Waals surface area contributed by atoms with Gasteiger partial charge in [0.05, 0.1) is 31.7 Å². The van der Waals surface area contributed by atoms with Crippen LogP contribution >= 0.6 is 0 Å². The first-order valence-corrected chi connectivity index (χ1v) is 19.8. The topological polar surface area (TPSA) is 196 Å². The van der Waals surface area contributed by atoms with Crippen molar-refractivity contribution in [1.82, 2.24) is 31.1 Å². The Bertz CT molecular complexity index is 1700. The van der Waals surface area contributed by atoms with Gasteiger partial charge in [-0.2, -0.15) is 0 Å². The summed E-state index contributed by atoms with van der Waals surface area (Å²) in [6.07, 6.45) is 0.814. The van der Waals surface area contributed by atoms with Gasteiger partial charge in [0.25, 0.3) is 5.91 Å². The predicted octanol–water partition coefficient (Wildman–Crippen LogP) is 2.02. The number of amides is 6. The third-order valence-corrected chi connectivity index (χ3v) is 10.1. The second-order valence-corrected chi connectivity index (χ2v) is 16.0. The van der Waals surface area contributed by atoms with E-state index in [-0.39, 0.29) is 37.6 Å². The molecule has 312 valence electrons. The van der Waals surface area contributed by atoms with E-state index in [1.165, 1.54) is 9.80 Å². The maximum atomic E-state index is 14.4. The van der Waals surface area contributed by atoms with Gasteiger partial charge in [0.1, 0.15) is 23.9 Å². The Hall–Kier alpha value is -5.02. The van der Waals surface area contributed by atoms with E-state index >= 15 is 0 Å². The lowest BCUT2D eigenvalue weighted by atomic mass is 9.85. The molecule has 6 atom stereocenters. The van der Waals surface area contributed by atoms with Crippen LogP contribution in [0, 0.1) is 5.41 Å². The Labute approximate surface area is 335 Å². The zero-order valence-corrected chi connectivity index (χ0v) is 34.0. The van der Waals surface area contributed by atoms with E-state index in [2.05, 4.69) is 21.3 Å². The van der Waals surface area contributed by atoms with Gasteiger partial charge in [-0.25, -0.2) is 0 Å². The minimum Gasteiger partial charge on any atom is -0.493 e. The molecule has 2 heterocycles. The smallest absolute Gasteiger partial charge is 0.251 e. The van der Waals surface area contributed by atoms with E-state index in [0.717, 1.165) is 0 Å². The lowest BCUT2D eigenvalue weighted by Crippen LogP contribution is -2.59. The summed E-state index contributed by atoms with van der Waals surface area (Å²) in [6, 6.07) is 11.9. The second-order valence-electron chi connectivity index (χ2n) is 16.0. The summed E-state index contributed by atoms with van der Waals surface area (Å²) >= 11 is 0. The van der Waals surface area contributed by atoms with Crippen LogP contribution in [0.2, 0.25) is 0 Å². The molecule has 2 aromatic rings. The number of carbonyl (C=O) groups is 6. The van der Waals surface area contributed by atoms with Crippen LogP contribution in [-0.4, -0.2) is 121 Å². The number of para-hydroxylation sites is 1. The number of aliphatic hydroxyl groups excluding tert-OH is 1. The summed E-state index contributed by atoms with van der Waals surface area (Å²) in [5.74, 6) is -2.70. The first kappa shape index (κ1) is 44.7. The number of nitrogens with one attached hydrogen (secondary N) is 4. The average Bonchev–Trinajstić information content (AvgIpc) is 3.61. The number of benzene rings is 2. The molecular weight excluding hydrogens is 732 g/mol. The van der Waals surface area contributed by atoms with E-state index in [4.69, 9.17) is 9.47 Å². The number of hydrogen-bond acceptors (Lipinski definition) is 9. The highest BCUT2D eigenvalue weighted by Crippen LogP contribution is 2.29. The van der Waals surface area contributed by atoms with Crippen molar-refractivity contribution in [2.45, 2.75) is 109 Å². The molecule has 0 spiro atoms. The minimum atomic E-state index is -1.74. The number of unbranched alkanes of at least 4 members (excludes halogenated alkanes) is 1. The van der Waals surface area contributed by atoms with Crippen molar-refractivity contribution >= 4 is 35.4 Å². The fourth-order valence-corrected chi connectivity index (χ4v) is 6.91. The summed E-state index contributed by atoms with van der Waals surface area (Å²) in [7, 11) is 3.14. The summed E-state index contributed by atoms with van der Waals surface area (Å²) in [6.45, 7) is 7.82. The van der Waals surface area contributed by atoms with Crippen molar-refractivity contribution in [3.8, 4) is 5.75 Å². The number of carbonyl (C=O) groups excluding carboxylic acids is 6. The number of rotatable bonds is 12. The zero-order chi connectivity index (χ0) is 41.7. The Morgan fingerprint density at radius 1 is 0.982 bits per heavy atom.